The van der Waals surface area contributed by atoms with Crippen molar-refractivity contribution >= 4 is 15.9 Å². The van der Waals surface area contributed by atoms with E-state index in [1.54, 1.807) is 0 Å². The first-order chi connectivity index (χ1) is 6.50. The van der Waals surface area contributed by atoms with Crippen LogP contribution in [0.5, 0.6) is 0 Å². The van der Waals surface area contributed by atoms with Gasteiger partial charge in [0.15, 0.2) is 0 Å². The molecule has 1 aromatic rings. The minimum atomic E-state index is -0.388. The van der Waals surface area contributed by atoms with Gasteiger partial charge in [0, 0.05) is 10.9 Å². The van der Waals surface area contributed by atoms with Gasteiger partial charge in [0.25, 0.3) is 0 Å². The molecular weight excluding hydrogens is 240 g/mol. The first-order valence-corrected chi connectivity index (χ1v) is 5.77. The Labute approximate surface area is 93.3 Å². The van der Waals surface area contributed by atoms with E-state index in [2.05, 4.69) is 41.9 Å². The maximum absolute atomic E-state index is 9.82. The minimum Gasteiger partial charge on any atom is -0.390 e. The van der Waals surface area contributed by atoms with E-state index < -0.39 is 0 Å². The van der Waals surface area contributed by atoms with E-state index in [9.17, 15) is 5.11 Å². The van der Waals surface area contributed by atoms with Crippen molar-refractivity contribution in [3.8, 4) is 0 Å². The number of rotatable bonds is 2. The summed E-state index contributed by atoms with van der Waals surface area (Å²) in [6, 6.07) is 4.30. The van der Waals surface area contributed by atoms with Crippen molar-refractivity contribution in [3.63, 3.8) is 0 Å². The highest BCUT2D eigenvalue weighted by atomic mass is 79.9. The summed E-state index contributed by atoms with van der Waals surface area (Å²) in [5.74, 6) is 0. The predicted molar refractivity (Wildman–Crippen MR) is 61.5 cm³/mol. The molecule has 1 aliphatic carbocycles. The summed E-state index contributed by atoms with van der Waals surface area (Å²) >= 11 is 3.54. The van der Waals surface area contributed by atoms with Crippen molar-refractivity contribution in [2.75, 3.05) is 0 Å². The van der Waals surface area contributed by atoms with Crippen LogP contribution in [-0.2, 0) is 6.42 Å². The maximum atomic E-state index is 9.82. The van der Waals surface area contributed by atoms with E-state index in [0.717, 1.165) is 23.7 Å². The fourth-order valence-electron chi connectivity index (χ4n) is 1.69. The van der Waals surface area contributed by atoms with Crippen LogP contribution >= 0.6 is 15.9 Å². The average molecular weight is 255 g/mol. The Morgan fingerprint density at radius 1 is 1.36 bits per heavy atom. The highest BCUT2D eigenvalue weighted by Crippen LogP contribution is 2.39. The number of hydrogen-bond acceptors (Lipinski definition) is 1. The summed E-state index contributed by atoms with van der Waals surface area (Å²) in [6.45, 7) is 4.22. The second kappa shape index (κ2) is 3.35. The normalized spacial score (nSPS) is 18.3. The fourth-order valence-corrected chi connectivity index (χ4v) is 2.30. The molecule has 0 bridgehead atoms. The molecule has 14 heavy (non-hydrogen) atoms. The van der Waals surface area contributed by atoms with E-state index in [4.69, 9.17) is 0 Å². The Balaban J connectivity index is 2.26. The lowest BCUT2D eigenvalue weighted by molar-refractivity contribution is 0.151. The fraction of sp³-hybridized carbons (Fsp3) is 0.500. The first-order valence-electron chi connectivity index (χ1n) is 4.98. The summed E-state index contributed by atoms with van der Waals surface area (Å²) in [5, 5.41) is 9.82. The molecule has 0 radical (unpaired) electrons. The van der Waals surface area contributed by atoms with Crippen LogP contribution in [0.25, 0.3) is 0 Å². The molecule has 0 heterocycles. The molecule has 2 rings (SSSR count). The molecule has 1 saturated carbocycles. The third-order valence-corrected chi connectivity index (χ3v) is 3.85. The van der Waals surface area contributed by atoms with Crippen LogP contribution in [0.1, 0.15) is 29.5 Å². The Hall–Kier alpha value is -0.340. The van der Waals surface area contributed by atoms with Gasteiger partial charge in [0.1, 0.15) is 0 Å². The van der Waals surface area contributed by atoms with E-state index in [1.165, 1.54) is 16.7 Å². The number of hydrogen-bond donors (Lipinski definition) is 1. The zero-order valence-electron chi connectivity index (χ0n) is 8.60. The van der Waals surface area contributed by atoms with Gasteiger partial charge >= 0.3 is 0 Å². The topological polar surface area (TPSA) is 20.2 Å². The summed E-state index contributed by atoms with van der Waals surface area (Å²) in [6.07, 6.45) is 2.71. The zero-order valence-corrected chi connectivity index (χ0v) is 10.2. The lowest BCUT2D eigenvalue weighted by Crippen LogP contribution is -2.10. The quantitative estimate of drug-likeness (QED) is 0.860. The molecule has 1 N–H and O–H groups in total. The van der Waals surface area contributed by atoms with Crippen LogP contribution in [0.4, 0.5) is 0 Å². The highest BCUT2D eigenvalue weighted by Gasteiger charge is 2.40. The van der Waals surface area contributed by atoms with Gasteiger partial charge < -0.3 is 5.11 Å². The summed E-state index contributed by atoms with van der Waals surface area (Å²) in [4.78, 5) is 0. The largest absolute Gasteiger partial charge is 0.390 e. The molecule has 0 atom stereocenters. The van der Waals surface area contributed by atoms with E-state index in [1.807, 2.05) is 0 Å². The molecular formula is C12H15BrO. The minimum absolute atomic E-state index is 0.388. The SMILES string of the molecule is Cc1cc(CC2(O)CC2)cc(Br)c1C. The highest BCUT2D eigenvalue weighted by molar-refractivity contribution is 9.10. The maximum Gasteiger partial charge on any atom is 0.0690 e. The Morgan fingerprint density at radius 3 is 2.50 bits per heavy atom. The second-order valence-electron chi connectivity index (χ2n) is 4.42. The van der Waals surface area contributed by atoms with Crippen LogP contribution in [0, 0.1) is 13.8 Å². The number of halogens is 1. The second-order valence-corrected chi connectivity index (χ2v) is 5.27. The van der Waals surface area contributed by atoms with Crippen LogP contribution < -0.4 is 0 Å². The van der Waals surface area contributed by atoms with Gasteiger partial charge in [-0.3, -0.25) is 0 Å². The van der Waals surface area contributed by atoms with Crippen molar-refractivity contribution in [1.29, 1.82) is 0 Å². The zero-order chi connectivity index (χ0) is 10.3. The Bertz CT molecular complexity index is 344. The van der Waals surface area contributed by atoms with Crippen molar-refractivity contribution in [1.82, 2.24) is 0 Å². The van der Waals surface area contributed by atoms with E-state index in [0.29, 0.717) is 0 Å². The number of aryl methyl sites for hydroxylation is 1. The van der Waals surface area contributed by atoms with Gasteiger partial charge in [-0.2, -0.15) is 0 Å². The summed E-state index contributed by atoms with van der Waals surface area (Å²) in [5.41, 5.74) is 3.43. The standard InChI is InChI=1S/C12H15BrO/c1-8-5-10(6-11(13)9(8)2)7-12(14)3-4-12/h5-6,14H,3-4,7H2,1-2H3. The van der Waals surface area contributed by atoms with Gasteiger partial charge in [0.05, 0.1) is 5.60 Å². The Kier molecular flexibility index (Phi) is 2.44. The van der Waals surface area contributed by atoms with Crippen molar-refractivity contribution in [3.05, 3.63) is 33.3 Å². The van der Waals surface area contributed by atoms with Gasteiger partial charge in [-0.1, -0.05) is 22.0 Å². The molecule has 1 aromatic carbocycles. The van der Waals surface area contributed by atoms with Gasteiger partial charge in [-0.05, 0) is 49.4 Å². The molecule has 1 nitrogen and oxygen atoms in total. The van der Waals surface area contributed by atoms with Crippen molar-refractivity contribution in [2.45, 2.75) is 38.7 Å². The summed E-state index contributed by atoms with van der Waals surface area (Å²) < 4.78 is 1.15. The number of benzene rings is 1. The molecule has 0 amide bonds. The third kappa shape index (κ3) is 2.01. The molecule has 0 saturated heterocycles. The van der Waals surface area contributed by atoms with Crippen LogP contribution in [0.3, 0.4) is 0 Å². The smallest absolute Gasteiger partial charge is 0.0690 e. The lowest BCUT2D eigenvalue weighted by Gasteiger charge is -2.11. The molecule has 1 aliphatic rings. The van der Waals surface area contributed by atoms with Gasteiger partial charge in [-0.25, -0.2) is 0 Å². The predicted octanol–water partition coefficient (Wildman–Crippen LogP) is 3.13. The molecule has 0 unspecified atom stereocenters. The van der Waals surface area contributed by atoms with E-state index in [-0.39, 0.29) is 5.60 Å². The monoisotopic (exact) mass is 254 g/mol. The third-order valence-electron chi connectivity index (χ3n) is 3.02. The lowest BCUT2D eigenvalue weighted by atomic mass is 10.0. The van der Waals surface area contributed by atoms with Gasteiger partial charge in [0.2, 0.25) is 0 Å². The molecule has 0 aliphatic heterocycles. The van der Waals surface area contributed by atoms with Crippen molar-refractivity contribution < 1.29 is 5.11 Å². The molecule has 2 heteroatoms. The van der Waals surface area contributed by atoms with Crippen LogP contribution in [-0.4, -0.2) is 10.7 Å². The first kappa shape index (κ1) is 10.2. The molecule has 1 fully saturated rings. The van der Waals surface area contributed by atoms with Gasteiger partial charge in [-0.15, -0.1) is 0 Å². The molecule has 76 valence electrons. The summed E-state index contributed by atoms with van der Waals surface area (Å²) in [7, 11) is 0. The number of aliphatic hydroxyl groups is 1. The molecule has 0 aromatic heterocycles. The average Bonchev–Trinajstić information content (AvgIpc) is 2.79. The molecule has 0 spiro atoms. The Morgan fingerprint density at radius 2 is 2.00 bits per heavy atom. The van der Waals surface area contributed by atoms with Crippen LogP contribution in [0.15, 0.2) is 16.6 Å². The van der Waals surface area contributed by atoms with E-state index >= 15 is 0 Å². The van der Waals surface area contributed by atoms with Crippen LogP contribution in [0.2, 0.25) is 0 Å². The van der Waals surface area contributed by atoms with Crippen molar-refractivity contribution in [2.24, 2.45) is 0 Å².